The second-order valence-electron chi connectivity index (χ2n) is 6.59. The van der Waals surface area contributed by atoms with Crippen LogP contribution in [0.5, 0.6) is 17.2 Å². The molecule has 3 aromatic carbocycles. The van der Waals surface area contributed by atoms with Crippen LogP contribution in [0.1, 0.15) is 21.5 Å². The minimum atomic E-state index is -0.486. The van der Waals surface area contributed by atoms with Crippen LogP contribution < -0.4 is 14.2 Å². The van der Waals surface area contributed by atoms with E-state index in [0.717, 1.165) is 11.3 Å². The summed E-state index contributed by atoms with van der Waals surface area (Å²) in [5.41, 5.74) is 1.81. The lowest BCUT2D eigenvalue weighted by Gasteiger charge is -2.08. The number of ether oxygens (including phenoxy) is 3. The van der Waals surface area contributed by atoms with E-state index in [4.69, 9.17) is 14.2 Å². The van der Waals surface area contributed by atoms with E-state index in [1.165, 1.54) is 18.2 Å². The number of ketones is 1. The average molecular weight is 403 g/mol. The summed E-state index contributed by atoms with van der Waals surface area (Å²) in [7, 11) is 1.60. The minimum absolute atomic E-state index is 0.0551. The summed E-state index contributed by atoms with van der Waals surface area (Å²) in [5, 5.41) is 10.9. The van der Waals surface area contributed by atoms with Crippen LogP contribution >= 0.6 is 0 Å². The first-order valence-electron chi connectivity index (χ1n) is 9.12. The highest BCUT2D eigenvalue weighted by atomic mass is 16.6. The molecule has 0 radical (unpaired) electrons. The summed E-state index contributed by atoms with van der Waals surface area (Å²) in [5.74, 6) is 1.52. The molecule has 30 heavy (non-hydrogen) atoms. The molecule has 0 aromatic heterocycles. The van der Waals surface area contributed by atoms with Gasteiger partial charge in [0.25, 0.3) is 5.69 Å². The van der Waals surface area contributed by atoms with Gasteiger partial charge >= 0.3 is 0 Å². The Bertz CT molecular complexity index is 1170. The van der Waals surface area contributed by atoms with Gasteiger partial charge in [-0.2, -0.15) is 0 Å². The quantitative estimate of drug-likeness (QED) is 0.334. The fourth-order valence-corrected chi connectivity index (χ4v) is 3.07. The predicted octanol–water partition coefficient (Wildman–Crippen LogP) is 4.80. The molecule has 1 heterocycles. The van der Waals surface area contributed by atoms with Gasteiger partial charge in [0, 0.05) is 18.2 Å². The van der Waals surface area contributed by atoms with Gasteiger partial charge in [-0.25, -0.2) is 0 Å². The second-order valence-corrected chi connectivity index (χ2v) is 6.59. The standard InChI is InChI=1S/C23H17NO6/c1-28-18-7-3-5-16(11-18)14-29-19-8-9-20-21(13-19)30-22(23(20)25)12-15-4-2-6-17(10-15)24(26)27/h2-13H,14H2,1H3/b22-12-. The number of nitrogens with zero attached hydrogens (tertiary/aromatic N) is 1. The maximum atomic E-state index is 12.6. The molecule has 3 aromatic rings. The summed E-state index contributed by atoms with van der Waals surface area (Å²) in [4.78, 5) is 23.0. The summed E-state index contributed by atoms with van der Waals surface area (Å²) in [6, 6.07) is 18.5. The van der Waals surface area contributed by atoms with E-state index in [1.54, 1.807) is 37.4 Å². The Labute approximate surface area is 172 Å². The summed E-state index contributed by atoms with van der Waals surface area (Å²) < 4.78 is 16.7. The molecule has 1 aliphatic heterocycles. The topological polar surface area (TPSA) is 87.9 Å². The van der Waals surface area contributed by atoms with Crippen LogP contribution in [-0.2, 0) is 6.61 Å². The molecule has 0 fully saturated rings. The van der Waals surface area contributed by atoms with Gasteiger partial charge in [-0.05, 0) is 41.5 Å². The van der Waals surface area contributed by atoms with Gasteiger partial charge in [0.15, 0.2) is 5.76 Å². The first-order chi connectivity index (χ1) is 14.5. The minimum Gasteiger partial charge on any atom is -0.497 e. The van der Waals surface area contributed by atoms with Crippen LogP contribution in [0.2, 0.25) is 0 Å². The van der Waals surface area contributed by atoms with Crippen LogP contribution in [0, 0.1) is 10.1 Å². The zero-order valence-corrected chi connectivity index (χ0v) is 16.0. The molecule has 0 saturated heterocycles. The van der Waals surface area contributed by atoms with E-state index in [1.807, 2.05) is 24.3 Å². The van der Waals surface area contributed by atoms with Crippen molar-refractivity contribution in [3.63, 3.8) is 0 Å². The number of hydrogen-bond acceptors (Lipinski definition) is 6. The molecule has 4 rings (SSSR count). The highest BCUT2D eigenvalue weighted by Gasteiger charge is 2.28. The maximum absolute atomic E-state index is 12.6. The van der Waals surface area contributed by atoms with Gasteiger partial charge in [0.2, 0.25) is 5.78 Å². The molecule has 1 aliphatic rings. The lowest BCUT2D eigenvalue weighted by molar-refractivity contribution is -0.384. The van der Waals surface area contributed by atoms with Crippen molar-refractivity contribution in [2.45, 2.75) is 6.61 Å². The predicted molar refractivity (Wildman–Crippen MR) is 110 cm³/mol. The van der Waals surface area contributed by atoms with E-state index in [-0.39, 0.29) is 17.2 Å². The highest BCUT2D eigenvalue weighted by molar-refractivity contribution is 6.14. The Morgan fingerprint density at radius 1 is 1.03 bits per heavy atom. The number of methoxy groups -OCH3 is 1. The number of nitro groups is 1. The summed E-state index contributed by atoms with van der Waals surface area (Å²) in [6.45, 7) is 0.334. The Morgan fingerprint density at radius 2 is 1.87 bits per heavy atom. The zero-order valence-electron chi connectivity index (χ0n) is 16.0. The van der Waals surface area contributed by atoms with Crippen molar-refractivity contribution in [1.29, 1.82) is 0 Å². The molecule has 0 spiro atoms. The molecule has 0 aliphatic carbocycles. The molecule has 7 heteroatoms. The van der Waals surface area contributed by atoms with E-state index < -0.39 is 4.92 Å². The molecule has 0 amide bonds. The maximum Gasteiger partial charge on any atom is 0.270 e. The SMILES string of the molecule is COc1cccc(COc2ccc3c(c2)O/C(=C\c2cccc([N+](=O)[O-])c2)C3=O)c1. The second kappa shape index (κ2) is 8.08. The lowest BCUT2D eigenvalue weighted by atomic mass is 10.1. The van der Waals surface area contributed by atoms with Crippen molar-refractivity contribution >= 4 is 17.5 Å². The van der Waals surface area contributed by atoms with Crippen molar-refractivity contribution in [3.8, 4) is 17.2 Å². The monoisotopic (exact) mass is 403 g/mol. The van der Waals surface area contributed by atoms with E-state index in [9.17, 15) is 14.9 Å². The molecule has 150 valence electrons. The number of benzene rings is 3. The third kappa shape index (κ3) is 4.00. The number of allylic oxidation sites excluding steroid dienone is 1. The van der Waals surface area contributed by atoms with Crippen LogP contribution in [0.25, 0.3) is 6.08 Å². The Balaban J connectivity index is 1.51. The number of Topliss-reactive ketones (excluding diaryl/α,β-unsaturated/α-hetero) is 1. The van der Waals surface area contributed by atoms with Gasteiger partial charge in [0.1, 0.15) is 23.9 Å². The molecule has 0 unspecified atom stereocenters. The smallest absolute Gasteiger partial charge is 0.270 e. The molecule has 0 bridgehead atoms. The third-order valence-corrected chi connectivity index (χ3v) is 4.56. The van der Waals surface area contributed by atoms with Crippen molar-refractivity contribution < 1.29 is 23.9 Å². The fourth-order valence-electron chi connectivity index (χ4n) is 3.07. The van der Waals surface area contributed by atoms with E-state index in [2.05, 4.69) is 0 Å². The van der Waals surface area contributed by atoms with Crippen molar-refractivity contribution in [2.75, 3.05) is 7.11 Å². The number of rotatable bonds is 6. The van der Waals surface area contributed by atoms with Crippen molar-refractivity contribution in [1.82, 2.24) is 0 Å². The Morgan fingerprint density at radius 3 is 2.67 bits per heavy atom. The number of non-ortho nitro benzene ring substituents is 1. The average Bonchev–Trinajstić information content (AvgIpc) is 3.07. The summed E-state index contributed by atoms with van der Waals surface area (Å²) in [6.07, 6.45) is 1.49. The lowest BCUT2D eigenvalue weighted by Crippen LogP contribution is -1.98. The first kappa shape index (κ1) is 19.2. The van der Waals surface area contributed by atoms with Gasteiger partial charge in [-0.3, -0.25) is 14.9 Å². The summed E-state index contributed by atoms with van der Waals surface area (Å²) >= 11 is 0. The van der Waals surface area contributed by atoms with Gasteiger partial charge in [-0.15, -0.1) is 0 Å². The fraction of sp³-hybridized carbons (Fsp3) is 0.0870. The van der Waals surface area contributed by atoms with E-state index >= 15 is 0 Å². The van der Waals surface area contributed by atoms with Crippen molar-refractivity contribution in [3.05, 3.63) is 99.3 Å². The number of hydrogen-bond donors (Lipinski definition) is 0. The first-order valence-corrected chi connectivity index (χ1v) is 9.12. The van der Waals surface area contributed by atoms with Crippen LogP contribution in [-0.4, -0.2) is 17.8 Å². The molecular weight excluding hydrogens is 386 g/mol. The number of nitro benzene ring substituents is 1. The van der Waals surface area contributed by atoms with E-state index in [0.29, 0.717) is 29.2 Å². The van der Waals surface area contributed by atoms with Gasteiger partial charge in [-0.1, -0.05) is 24.3 Å². The number of fused-ring (bicyclic) bond motifs is 1. The zero-order chi connectivity index (χ0) is 21.1. The largest absolute Gasteiger partial charge is 0.497 e. The van der Waals surface area contributed by atoms with Gasteiger partial charge in [0.05, 0.1) is 17.6 Å². The van der Waals surface area contributed by atoms with Crippen molar-refractivity contribution in [2.24, 2.45) is 0 Å². The molecule has 7 nitrogen and oxygen atoms in total. The molecule has 0 N–H and O–H groups in total. The Kier molecular flexibility index (Phi) is 5.17. The highest BCUT2D eigenvalue weighted by Crippen LogP contribution is 2.35. The number of carbonyl (C=O) groups is 1. The van der Waals surface area contributed by atoms with Gasteiger partial charge < -0.3 is 14.2 Å². The van der Waals surface area contributed by atoms with Crippen LogP contribution in [0.3, 0.4) is 0 Å². The Hall–Kier alpha value is -4.13. The molecule has 0 saturated carbocycles. The number of carbonyl (C=O) groups excluding carboxylic acids is 1. The normalized spacial score (nSPS) is 13.6. The molecule has 0 atom stereocenters. The van der Waals surface area contributed by atoms with Crippen LogP contribution in [0.15, 0.2) is 72.5 Å². The van der Waals surface area contributed by atoms with Crippen LogP contribution in [0.4, 0.5) is 5.69 Å². The molecular formula is C23H17NO6. The third-order valence-electron chi connectivity index (χ3n) is 4.56.